The van der Waals surface area contributed by atoms with Crippen LogP contribution in [0, 0.1) is 20.8 Å². The first-order valence-corrected chi connectivity index (χ1v) is 14.5. The van der Waals surface area contributed by atoms with Crippen molar-refractivity contribution in [2.75, 3.05) is 33.2 Å². The Bertz CT molecular complexity index is 1360. The third kappa shape index (κ3) is 7.98. The van der Waals surface area contributed by atoms with Gasteiger partial charge < -0.3 is 30.5 Å². The number of amides is 5. The second-order valence-electron chi connectivity index (χ2n) is 11.3. The number of likely N-dealkylation sites (N-methyl/N-ethyl adjacent to an activating group) is 1. The Morgan fingerprint density at radius 2 is 1.74 bits per heavy atom. The molecule has 13 nitrogen and oxygen atoms in total. The molecule has 43 heavy (non-hydrogen) atoms. The third-order valence-corrected chi connectivity index (χ3v) is 8.02. The number of nitrogens with one attached hydrogen (secondary N) is 3. The Kier molecular flexibility index (Phi) is 10.2. The van der Waals surface area contributed by atoms with Crippen molar-refractivity contribution in [2.45, 2.75) is 71.4 Å². The molecule has 2 aliphatic heterocycles. The van der Waals surface area contributed by atoms with Crippen molar-refractivity contribution in [1.29, 1.82) is 0 Å². The molecule has 0 spiro atoms. The fourth-order valence-electron chi connectivity index (χ4n) is 5.26. The van der Waals surface area contributed by atoms with E-state index >= 15 is 0 Å². The molecule has 0 aliphatic carbocycles. The molecular weight excluding hydrogens is 554 g/mol. The predicted octanol–water partition coefficient (Wildman–Crippen LogP) is -0.385. The number of benzene rings is 1. The van der Waals surface area contributed by atoms with Gasteiger partial charge in [-0.15, -0.1) is 0 Å². The molecular formula is C30H41N7O6. The zero-order chi connectivity index (χ0) is 31.3. The Morgan fingerprint density at radius 1 is 1.02 bits per heavy atom. The standard InChI is InChI=1S/C30H41N7O6/c1-18-19(2)34-37(21(18)4)12-11-27(39)36-15-23-14-31-28(40)20(3)32-26(38)17-35(5)30(42)24(13-22-9-7-6-8-10-22)33-29(41)25(16-36)43-23/h6-10,20,23-25H,11-17H2,1-5H3,(H,31,40)(H,32,38)(H,33,41)/t20-,23+,24-,25-/m1/s1. The summed E-state index contributed by atoms with van der Waals surface area (Å²) in [6.45, 7) is 7.67. The first-order valence-electron chi connectivity index (χ1n) is 14.5. The summed E-state index contributed by atoms with van der Waals surface area (Å²) < 4.78 is 7.87. The minimum Gasteiger partial charge on any atom is -0.360 e. The van der Waals surface area contributed by atoms with Crippen LogP contribution in [-0.2, 0) is 41.7 Å². The van der Waals surface area contributed by atoms with E-state index in [2.05, 4.69) is 21.0 Å². The van der Waals surface area contributed by atoms with Crippen LogP contribution in [0.5, 0.6) is 0 Å². The van der Waals surface area contributed by atoms with Crippen LogP contribution >= 0.6 is 0 Å². The van der Waals surface area contributed by atoms with Gasteiger partial charge in [-0.3, -0.25) is 28.7 Å². The monoisotopic (exact) mass is 595 g/mol. The lowest BCUT2D eigenvalue weighted by atomic mass is 10.0. The molecule has 2 fully saturated rings. The lowest BCUT2D eigenvalue weighted by Gasteiger charge is -2.38. The van der Waals surface area contributed by atoms with Crippen LogP contribution in [0.4, 0.5) is 0 Å². The van der Waals surface area contributed by atoms with Crippen molar-refractivity contribution < 1.29 is 28.7 Å². The van der Waals surface area contributed by atoms with Gasteiger partial charge in [0.2, 0.25) is 23.6 Å². The molecule has 1 aromatic heterocycles. The van der Waals surface area contributed by atoms with Gasteiger partial charge in [-0.2, -0.15) is 5.10 Å². The molecule has 0 unspecified atom stereocenters. The number of carbonyl (C=O) groups excluding carboxylic acids is 5. The minimum absolute atomic E-state index is 0.0101. The van der Waals surface area contributed by atoms with E-state index in [0.717, 1.165) is 22.5 Å². The molecule has 0 radical (unpaired) electrons. The van der Waals surface area contributed by atoms with Crippen LogP contribution in [0.1, 0.15) is 35.9 Å². The van der Waals surface area contributed by atoms with E-state index in [0.29, 0.717) is 6.54 Å². The second-order valence-corrected chi connectivity index (χ2v) is 11.3. The van der Waals surface area contributed by atoms with Gasteiger partial charge in [0, 0.05) is 45.2 Å². The minimum atomic E-state index is -1.07. The highest BCUT2D eigenvalue weighted by Gasteiger charge is 2.37. The first-order chi connectivity index (χ1) is 20.4. The van der Waals surface area contributed by atoms with Crippen LogP contribution < -0.4 is 16.0 Å². The van der Waals surface area contributed by atoms with Crippen molar-refractivity contribution >= 4 is 29.5 Å². The van der Waals surface area contributed by atoms with Crippen LogP contribution in [0.2, 0.25) is 0 Å². The number of aryl methyl sites for hydroxylation is 2. The molecule has 2 aromatic rings. The molecule has 13 heteroatoms. The zero-order valence-electron chi connectivity index (χ0n) is 25.4. The summed E-state index contributed by atoms with van der Waals surface area (Å²) in [5.74, 6) is -2.18. The van der Waals surface area contributed by atoms with Crippen molar-refractivity contribution in [1.82, 2.24) is 35.5 Å². The van der Waals surface area contributed by atoms with E-state index in [1.165, 1.54) is 18.9 Å². The molecule has 4 atom stereocenters. The van der Waals surface area contributed by atoms with E-state index in [1.807, 2.05) is 51.1 Å². The lowest BCUT2D eigenvalue weighted by molar-refractivity contribution is -0.157. The molecule has 2 bridgehead atoms. The van der Waals surface area contributed by atoms with Crippen LogP contribution in [0.3, 0.4) is 0 Å². The first kappa shape index (κ1) is 31.7. The van der Waals surface area contributed by atoms with Gasteiger partial charge in [0.25, 0.3) is 5.91 Å². The van der Waals surface area contributed by atoms with E-state index in [4.69, 9.17) is 4.74 Å². The van der Waals surface area contributed by atoms with E-state index in [9.17, 15) is 24.0 Å². The van der Waals surface area contributed by atoms with E-state index in [1.54, 1.807) is 9.58 Å². The van der Waals surface area contributed by atoms with E-state index < -0.39 is 47.9 Å². The number of nitrogens with zero attached hydrogens (tertiary/aromatic N) is 4. The fraction of sp³-hybridized carbons (Fsp3) is 0.533. The number of rotatable bonds is 5. The van der Waals surface area contributed by atoms with Crippen LogP contribution in [0.25, 0.3) is 0 Å². The molecule has 3 heterocycles. The maximum atomic E-state index is 13.6. The summed E-state index contributed by atoms with van der Waals surface area (Å²) in [7, 11) is 1.47. The summed E-state index contributed by atoms with van der Waals surface area (Å²) in [6, 6.07) is 7.35. The highest BCUT2D eigenvalue weighted by Crippen LogP contribution is 2.16. The number of hydrogen-bond acceptors (Lipinski definition) is 7. The number of aromatic nitrogens is 2. The number of hydrogen-bond donors (Lipinski definition) is 3. The Hall–Kier alpha value is -4.26. The normalized spacial score (nSPS) is 24.0. The van der Waals surface area contributed by atoms with Crippen molar-refractivity contribution in [3.05, 3.63) is 52.8 Å². The second kappa shape index (κ2) is 13.8. The number of fused-ring (bicyclic) bond motifs is 2. The lowest BCUT2D eigenvalue weighted by Crippen LogP contribution is -2.59. The Balaban J connectivity index is 1.56. The molecule has 3 N–H and O–H groups in total. The molecule has 2 saturated heterocycles. The van der Waals surface area contributed by atoms with Crippen molar-refractivity contribution in [2.24, 2.45) is 0 Å². The summed E-state index contributed by atoms with van der Waals surface area (Å²) >= 11 is 0. The largest absolute Gasteiger partial charge is 0.360 e. The highest BCUT2D eigenvalue weighted by molar-refractivity contribution is 5.93. The SMILES string of the molecule is Cc1nn(CCC(=O)N2C[C@@H]3CNC(=O)[C@@H](C)NC(=O)CN(C)C(=O)[C@@H](Cc4ccccc4)NC(=O)[C@@H](C2)O3)c(C)c1C. The third-order valence-electron chi connectivity index (χ3n) is 8.02. The Morgan fingerprint density at radius 3 is 2.42 bits per heavy atom. The smallest absolute Gasteiger partial charge is 0.251 e. The number of morpholine rings is 1. The van der Waals surface area contributed by atoms with Gasteiger partial charge in [-0.1, -0.05) is 30.3 Å². The summed E-state index contributed by atoms with van der Waals surface area (Å²) in [4.78, 5) is 68.6. The zero-order valence-corrected chi connectivity index (χ0v) is 25.4. The average Bonchev–Trinajstić information content (AvgIpc) is 3.23. The summed E-state index contributed by atoms with van der Waals surface area (Å²) in [5.41, 5.74) is 3.79. The van der Waals surface area contributed by atoms with Crippen molar-refractivity contribution in [3.63, 3.8) is 0 Å². The van der Waals surface area contributed by atoms with Gasteiger partial charge >= 0.3 is 0 Å². The Labute approximate surface area is 251 Å². The maximum Gasteiger partial charge on any atom is 0.251 e. The molecule has 5 amide bonds. The van der Waals surface area contributed by atoms with Gasteiger partial charge in [0.1, 0.15) is 12.1 Å². The van der Waals surface area contributed by atoms with Gasteiger partial charge in [0.15, 0.2) is 6.10 Å². The summed E-state index contributed by atoms with van der Waals surface area (Å²) in [6.07, 6.45) is -1.41. The quantitative estimate of drug-likeness (QED) is 0.426. The van der Waals surface area contributed by atoms with Crippen LogP contribution in [0.15, 0.2) is 30.3 Å². The molecule has 4 rings (SSSR count). The fourth-order valence-corrected chi connectivity index (χ4v) is 5.26. The maximum absolute atomic E-state index is 13.6. The molecule has 232 valence electrons. The van der Waals surface area contributed by atoms with E-state index in [-0.39, 0.29) is 44.9 Å². The number of ether oxygens (including phenoxy) is 1. The summed E-state index contributed by atoms with van der Waals surface area (Å²) in [5, 5.41) is 12.7. The van der Waals surface area contributed by atoms with Gasteiger partial charge in [-0.05, 0) is 38.8 Å². The van der Waals surface area contributed by atoms with Gasteiger partial charge in [-0.25, -0.2) is 0 Å². The van der Waals surface area contributed by atoms with Gasteiger partial charge in [0.05, 0.1) is 24.9 Å². The predicted molar refractivity (Wildman–Crippen MR) is 157 cm³/mol. The average molecular weight is 596 g/mol. The molecule has 2 aliphatic rings. The topological polar surface area (TPSA) is 155 Å². The molecule has 1 aromatic carbocycles. The van der Waals surface area contributed by atoms with Crippen molar-refractivity contribution in [3.8, 4) is 0 Å². The highest BCUT2D eigenvalue weighted by atomic mass is 16.5. The van der Waals surface area contributed by atoms with Crippen LogP contribution in [-0.4, -0.2) is 107 Å². The molecule has 0 saturated carbocycles. The number of carbonyl (C=O) groups is 5.